The van der Waals surface area contributed by atoms with Gasteiger partial charge in [-0.1, -0.05) is 0 Å². The summed E-state index contributed by atoms with van der Waals surface area (Å²) in [7, 11) is 0. The third kappa shape index (κ3) is 3.16. The van der Waals surface area contributed by atoms with Gasteiger partial charge >= 0.3 is 0 Å². The summed E-state index contributed by atoms with van der Waals surface area (Å²) in [5.41, 5.74) is 11.8. The summed E-state index contributed by atoms with van der Waals surface area (Å²) in [5, 5.41) is 2.68. The molecule has 2 aromatic heterocycles. The van der Waals surface area contributed by atoms with Crippen LogP contribution in [0.2, 0.25) is 0 Å². The van der Waals surface area contributed by atoms with Gasteiger partial charge in [0, 0.05) is 41.9 Å². The fourth-order valence-electron chi connectivity index (χ4n) is 2.94. The Balaban J connectivity index is 1.81. The molecule has 0 aliphatic carbocycles. The van der Waals surface area contributed by atoms with E-state index in [0.717, 1.165) is 0 Å². The molecule has 0 saturated carbocycles. The zero-order valence-electron chi connectivity index (χ0n) is 13.9. The van der Waals surface area contributed by atoms with E-state index in [1.165, 1.54) is 30.6 Å². The third-order valence-electron chi connectivity index (χ3n) is 4.31. The molecule has 1 fully saturated rings. The number of morpholine rings is 1. The molecule has 0 radical (unpaired) electrons. The number of hydrogen-bond donors (Lipinski definition) is 2. The van der Waals surface area contributed by atoms with Crippen LogP contribution in [-0.2, 0) is 4.74 Å². The molecule has 0 unspecified atom stereocenters. The van der Waals surface area contributed by atoms with Crippen LogP contribution in [0.5, 0.6) is 0 Å². The summed E-state index contributed by atoms with van der Waals surface area (Å²) < 4.78 is 33.0. The lowest BCUT2D eigenvalue weighted by atomic mass is 10.0. The molecule has 6 nitrogen and oxygen atoms in total. The van der Waals surface area contributed by atoms with E-state index >= 15 is 0 Å². The predicted molar refractivity (Wildman–Crippen MR) is 95.3 cm³/mol. The average Bonchev–Trinajstić information content (AvgIpc) is 2.65. The van der Waals surface area contributed by atoms with Crippen LogP contribution in [0.4, 0.5) is 20.2 Å². The molecule has 3 N–H and O–H groups in total. The van der Waals surface area contributed by atoms with Gasteiger partial charge < -0.3 is 15.9 Å². The summed E-state index contributed by atoms with van der Waals surface area (Å²) in [6.45, 7) is 2.66. The van der Waals surface area contributed by atoms with Crippen molar-refractivity contribution in [3.05, 3.63) is 48.4 Å². The fraction of sp³-hybridized carbons (Fsp3) is 0.222. The number of rotatable bonds is 3. The Morgan fingerprint density at radius 2 is 1.88 bits per heavy atom. The molecule has 134 valence electrons. The molecule has 3 heterocycles. The van der Waals surface area contributed by atoms with Crippen LogP contribution in [0, 0.1) is 11.8 Å². The monoisotopic (exact) mass is 357 g/mol. The van der Waals surface area contributed by atoms with Crippen molar-refractivity contribution in [3.63, 3.8) is 0 Å². The van der Waals surface area contributed by atoms with E-state index in [1.807, 2.05) is 5.01 Å². The maximum Gasteiger partial charge on any atom is 0.212 e. The summed E-state index contributed by atoms with van der Waals surface area (Å²) >= 11 is 0. The fourth-order valence-corrected chi connectivity index (χ4v) is 2.94. The van der Waals surface area contributed by atoms with Crippen molar-refractivity contribution in [2.75, 3.05) is 37.5 Å². The SMILES string of the molecule is Nc1cnc2cc(F)c(-c3ccc(F)nc3)cc2c1NN1CCOCC1. The molecular formula is C18H17F2N5O. The van der Waals surface area contributed by atoms with Crippen LogP contribution in [0.25, 0.3) is 22.0 Å². The van der Waals surface area contributed by atoms with E-state index in [0.29, 0.717) is 59.7 Å². The number of benzene rings is 1. The number of nitrogen functional groups attached to an aromatic ring is 1. The molecule has 3 aromatic rings. The van der Waals surface area contributed by atoms with Gasteiger partial charge in [0.25, 0.3) is 0 Å². The number of aromatic nitrogens is 2. The van der Waals surface area contributed by atoms with Crippen molar-refractivity contribution in [1.82, 2.24) is 15.0 Å². The highest BCUT2D eigenvalue weighted by Crippen LogP contribution is 2.33. The van der Waals surface area contributed by atoms with Crippen LogP contribution >= 0.6 is 0 Å². The molecule has 4 rings (SSSR count). The maximum atomic E-state index is 14.6. The molecule has 0 atom stereocenters. The Morgan fingerprint density at radius 1 is 1.08 bits per heavy atom. The zero-order valence-corrected chi connectivity index (χ0v) is 13.9. The van der Waals surface area contributed by atoms with Crippen LogP contribution < -0.4 is 11.2 Å². The Morgan fingerprint density at radius 3 is 2.62 bits per heavy atom. The molecule has 1 aromatic carbocycles. The minimum Gasteiger partial charge on any atom is -0.396 e. The number of anilines is 2. The van der Waals surface area contributed by atoms with Gasteiger partial charge in [0.2, 0.25) is 5.95 Å². The second-order valence-corrected chi connectivity index (χ2v) is 6.02. The minimum absolute atomic E-state index is 0.308. The number of hydrazine groups is 1. The zero-order chi connectivity index (χ0) is 18.1. The van der Waals surface area contributed by atoms with Crippen LogP contribution in [0.15, 0.2) is 36.7 Å². The van der Waals surface area contributed by atoms with Crippen molar-refractivity contribution >= 4 is 22.3 Å². The van der Waals surface area contributed by atoms with Gasteiger partial charge in [-0.25, -0.2) is 14.4 Å². The quantitative estimate of drug-likeness (QED) is 0.702. The Kier molecular flexibility index (Phi) is 4.36. The number of halogens is 2. The molecule has 26 heavy (non-hydrogen) atoms. The van der Waals surface area contributed by atoms with E-state index in [1.54, 1.807) is 6.07 Å². The Bertz CT molecular complexity index is 942. The van der Waals surface area contributed by atoms with Gasteiger partial charge in [-0.15, -0.1) is 0 Å². The number of hydrogen-bond acceptors (Lipinski definition) is 6. The molecule has 1 aliphatic heterocycles. The standard InChI is InChI=1S/C18H17F2N5O/c19-14-8-16-13(7-12(14)11-1-2-17(20)23-9-11)18(15(21)10-22-16)24-25-3-5-26-6-4-25/h1-2,7-10H,3-6,21H2,(H,22,24). The molecule has 0 bridgehead atoms. The maximum absolute atomic E-state index is 14.6. The Labute approximate surface area is 148 Å². The largest absolute Gasteiger partial charge is 0.396 e. The first kappa shape index (κ1) is 16.6. The number of nitrogens with two attached hydrogens (primary N) is 1. The van der Waals surface area contributed by atoms with E-state index in [2.05, 4.69) is 15.4 Å². The van der Waals surface area contributed by atoms with Crippen molar-refractivity contribution in [1.29, 1.82) is 0 Å². The summed E-state index contributed by atoms with van der Waals surface area (Å²) in [5.74, 6) is -1.07. The normalized spacial score (nSPS) is 15.3. The van der Waals surface area contributed by atoms with Gasteiger partial charge in [0.05, 0.1) is 36.3 Å². The van der Waals surface area contributed by atoms with Crippen molar-refractivity contribution < 1.29 is 13.5 Å². The number of ether oxygens (including phenoxy) is 1. The first-order valence-electron chi connectivity index (χ1n) is 8.21. The highest BCUT2D eigenvalue weighted by atomic mass is 19.1. The van der Waals surface area contributed by atoms with Crippen molar-refractivity contribution in [3.8, 4) is 11.1 Å². The van der Waals surface area contributed by atoms with Gasteiger partial charge in [-0.3, -0.25) is 4.98 Å². The molecule has 1 aliphatic rings. The van der Waals surface area contributed by atoms with Crippen LogP contribution in [-0.4, -0.2) is 41.3 Å². The second-order valence-electron chi connectivity index (χ2n) is 6.02. The Hall–Kier alpha value is -2.84. The lowest BCUT2D eigenvalue weighted by Crippen LogP contribution is -2.40. The lowest BCUT2D eigenvalue weighted by Gasteiger charge is -2.29. The molecule has 1 saturated heterocycles. The summed E-state index contributed by atoms with van der Waals surface area (Å²) in [6.07, 6.45) is 2.80. The average molecular weight is 357 g/mol. The lowest BCUT2D eigenvalue weighted by molar-refractivity contribution is 0.0498. The second kappa shape index (κ2) is 6.81. The molecular weight excluding hydrogens is 340 g/mol. The highest BCUT2D eigenvalue weighted by Gasteiger charge is 2.16. The van der Waals surface area contributed by atoms with Gasteiger partial charge in [0.15, 0.2) is 0 Å². The first-order chi connectivity index (χ1) is 12.6. The van der Waals surface area contributed by atoms with E-state index in [9.17, 15) is 8.78 Å². The number of nitrogens with one attached hydrogen (secondary N) is 1. The van der Waals surface area contributed by atoms with Crippen LogP contribution in [0.3, 0.4) is 0 Å². The first-order valence-corrected chi connectivity index (χ1v) is 8.21. The van der Waals surface area contributed by atoms with Crippen LogP contribution in [0.1, 0.15) is 0 Å². The number of fused-ring (bicyclic) bond motifs is 1. The van der Waals surface area contributed by atoms with E-state index < -0.39 is 11.8 Å². The summed E-state index contributed by atoms with van der Waals surface area (Å²) in [6, 6.07) is 5.69. The van der Waals surface area contributed by atoms with Gasteiger partial charge in [0.1, 0.15) is 5.82 Å². The van der Waals surface area contributed by atoms with Crippen molar-refractivity contribution in [2.24, 2.45) is 0 Å². The smallest absolute Gasteiger partial charge is 0.212 e. The van der Waals surface area contributed by atoms with Crippen molar-refractivity contribution in [2.45, 2.75) is 0 Å². The van der Waals surface area contributed by atoms with Gasteiger partial charge in [-0.2, -0.15) is 4.39 Å². The topological polar surface area (TPSA) is 76.3 Å². The number of pyridine rings is 2. The number of nitrogens with zero attached hydrogens (tertiary/aromatic N) is 3. The highest BCUT2D eigenvalue weighted by molar-refractivity contribution is 5.99. The molecule has 0 amide bonds. The van der Waals surface area contributed by atoms with E-state index in [-0.39, 0.29) is 0 Å². The van der Waals surface area contributed by atoms with Gasteiger partial charge in [-0.05, 0) is 18.2 Å². The summed E-state index contributed by atoms with van der Waals surface area (Å²) in [4.78, 5) is 7.82. The van der Waals surface area contributed by atoms with E-state index in [4.69, 9.17) is 10.5 Å². The third-order valence-corrected chi connectivity index (χ3v) is 4.31. The predicted octanol–water partition coefficient (Wildman–Crippen LogP) is 2.82. The molecule has 0 spiro atoms. The molecule has 8 heteroatoms. The minimum atomic E-state index is -0.615.